The normalized spacial score (nSPS) is 17.8. The number of nitrogens with zero attached hydrogens (tertiary/aromatic N) is 2. The highest BCUT2D eigenvalue weighted by Gasteiger charge is 2.38. The van der Waals surface area contributed by atoms with E-state index in [1.54, 1.807) is 18.4 Å². The third-order valence-electron chi connectivity index (χ3n) is 5.61. The third-order valence-corrected chi connectivity index (χ3v) is 5.61. The summed E-state index contributed by atoms with van der Waals surface area (Å²) in [4.78, 5) is 16.8. The number of anilines is 1. The van der Waals surface area contributed by atoms with E-state index in [9.17, 15) is 18.0 Å². The number of nitrogens with one attached hydrogen (secondary N) is 1. The molecule has 0 saturated heterocycles. The average Bonchev–Trinajstić information content (AvgIpc) is 2.81. The summed E-state index contributed by atoms with van der Waals surface area (Å²) in [5.41, 5.74) is -0.408. The van der Waals surface area contributed by atoms with Crippen LogP contribution in [0.25, 0.3) is 11.0 Å². The predicted octanol–water partition coefficient (Wildman–Crippen LogP) is 4.93. The van der Waals surface area contributed by atoms with E-state index in [0.29, 0.717) is 5.52 Å². The summed E-state index contributed by atoms with van der Waals surface area (Å²) < 4.78 is 42.8. The Labute approximate surface area is 150 Å². The Morgan fingerprint density at radius 3 is 2.50 bits per heavy atom. The molecule has 0 bridgehead atoms. The molecule has 0 radical (unpaired) electrons. The zero-order valence-electron chi connectivity index (χ0n) is 15.5. The van der Waals surface area contributed by atoms with Crippen molar-refractivity contribution in [3.8, 4) is 0 Å². The van der Waals surface area contributed by atoms with Gasteiger partial charge in [0.15, 0.2) is 11.6 Å². The van der Waals surface area contributed by atoms with Crippen LogP contribution in [0.1, 0.15) is 53.4 Å². The van der Waals surface area contributed by atoms with Crippen LogP contribution in [-0.2, 0) is 10.3 Å². The SMILES string of the molecule is CC(F)C(C)(C)CC(=O)Nc1nc2cc(F)c(F)cc2n1C1(C)CCC1. The van der Waals surface area contributed by atoms with Gasteiger partial charge in [-0.05, 0) is 33.1 Å². The number of hydrogen-bond acceptors (Lipinski definition) is 2. The second kappa shape index (κ2) is 6.28. The van der Waals surface area contributed by atoms with Crippen LogP contribution in [0.3, 0.4) is 0 Å². The Balaban J connectivity index is 2.00. The standard InChI is InChI=1S/C19H24F3N3O/c1-11(20)18(2,3)10-16(26)24-17-23-14-8-12(21)13(22)9-15(14)25(17)19(4)6-5-7-19/h8-9,11H,5-7,10H2,1-4H3,(H,23,24,26). The first-order chi connectivity index (χ1) is 12.0. The maximum absolute atomic E-state index is 13.8. The number of amides is 1. The molecule has 1 aliphatic carbocycles. The molecule has 1 saturated carbocycles. The highest BCUT2D eigenvalue weighted by molar-refractivity contribution is 5.92. The smallest absolute Gasteiger partial charge is 0.227 e. The summed E-state index contributed by atoms with van der Waals surface area (Å²) in [5, 5.41) is 2.73. The number of imidazole rings is 1. The summed E-state index contributed by atoms with van der Waals surface area (Å²) in [6.45, 7) is 6.78. The minimum atomic E-state index is -1.15. The Hall–Kier alpha value is -2.05. The van der Waals surface area contributed by atoms with E-state index in [1.165, 1.54) is 6.92 Å². The fourth-order valence-corrected chi connectivity index (χ4v) is 3.34. The van der Waals surface area contributed by atoms with Crippen LogP contribution in [0.15, 0.2) is 12.1 Å². The van der Waals surface area contributed by atoms with E-state index < -0.39 is 23.2 Å². The molecule has 3 rings (SSSR count). The molecule has 1 amide bonds. The number of fused-ring (bicyclic) bond motifs is 1. The molecule has 2 aromatic rings. The second-order valence-corrected chi connectivity index (χ2v) is 8.21. The lowest BCUT2D eigenvalue weighted by atomic mass is 9.78. The highest BCUT2D eigenvalue weighted by atomic mass is 19.2. The zero-order valence-corrected chi connectivity index (χ0v) is 15.5. The number of hydrogen-bond donors (Lipinski definition) is 1. The number of halogens is 3. The monoisotopic (exact) mass is 367 g/mol. The number of alkyl halides is 1. The second-order valence-electron chi connectivity index (χ2n) is 8.21. The van der Waals surface area contributed by atoms with Crippen molar-refractivity contribution in [2.24, 2.45) is 5.41 Å². The molecule has 26 heavy (non-hydrogen) atoms. The maximum Gasteiger partial charge on any atom is 0.227 e. The van der Waals surface area contributed by atoms with Gasteiger partial charge < -0.3 is 4.57 Å². The minimum absolute atomic E-state index is 0.0205. The zero-order chi connectivity index (χ0) is 19.3. The highest BCUT2D eigenvalue weighted by Crippen LogP contribution is 2.43. The van der Waals surface area contributed by atoms with Gasteiger partial charge in [0.1, 0.15) is 6.17 Å². The van der Waals surface area contributed by atoms with Gasteiger partial charge in [0.2, 0.25) is 11.9 Å². The Morgan fingerprint density at radius 1 is 1.35 bits per heavy atom. The molecule has 1 aromatic carbocycles. The van der Waals surface area contributed by atoms with Crippen molar-refractivity contribution >= 4 is 22.9 Å². The van der Waals surface area contributed by atoms with Crippen LogP contribution < -0.4 is 5.32 Å². The molecule has 1 atom stereocenters. The number of benzene rings is 1. The van der Waals surface area contributed by atoms with Gasteiger partial charge in [0.05, 0.1) is 11.0 Å². The largest absolute Gasteiger partial charge is 0.304 e. The lowest BCUT2D eigenvalue weighted by molar-refractivity contribution is -0.119. The Bertz CT molecular complexity index is 853. The number of carbonyl (C=O) groups excluding carboxylic acids is 1. The first-order valence-electron chi connectivity index (χ1n) is 8.85. The molecule has 1 unspecified atom stereocenters. The van der Waals surface area contributed by atoms with Crippen LogP contribution in [0.2, 0.25) is 0 Å². The van der Waals surface area contributed by atoms with E-state index >= 15 is 0 Å². The van der Waals surface area contributed by atoms with E-state index in [-0.39, 0.29) is 29.3 Å². The van der Waals surface area contributed by atoms with Gasteiger partial charge in [0.25, 0.3) is 0 Å². The van der Waals surface area contributed by atoms with Crippen LogP contribution in [-0.4, -0.2) is 21.6 Å². The molecule has 1 heterocycles. The minimum Gasteiger partial charge on any atom is -0.304 e. The molecule has 1 aliphatic rings. The Kier molecular flexibility index (Phi) is 4.53. The van der Waals surface area contributed by atoms with Gasteiger partial charge in [-0.3, -0.25) is 10.1 Å². The molecule has 1 fully saturated rings. The molecule has 1 N–H and O–H groups in total. The van der Waals surface area contributed by atoms with Crippen LogP contribution in [0.4, 0.5) is 19.1 Å². The van der Waals surface area contributed by atoms with E-state index in [4.69, 9.17) is 0 Å². The van der Waals surface area contributed by atoms with Crippen molar-refractivity contribution < 1.29 is 18.0 Å². The number of rotatable bonds is 5. The summed E-state index contributed by atoms with van der Waals surface area (Å²) in [6.07, 6.45) is 1.55. The summed E-state index contributed by atoms with van der Waals surface area (Å²) in [7, 11) is 0. The molecule has 4 nitrogen and oxygen atoms in total. The molecule has 0 spiro atoms. The maximum atomic E-state index is 13.8. The summed E-state index contributed by atoms with van der Waals surface area (Å²) in [5.74, 6) is -2.06. The van der Waals surface area contributed by atoms with Crippen molar-refractivity contribution in [1.29, 1.82) is 0 Å². The van der Waals surface area contributed by atoms with Gasteiger partial charge in [-0.2, -0.15) is 0 Å². The molecule has 7 heteroatoms. The lowest BCUT2D eigenvalue weighted by Crippen LogP contribution is -2.38. The molecule has 0 aliphatic heterocycles. The quantitative estimate of drug-likeness (QED) is 0.815. The predicted molar refractivity (Wildman–Crippen MR) is 94.7 cm³/mol. The van der Waals surface area contributed by atoms with Gasteiger partial charge in [-0.15, -0.1) is 0 Å². The average molecular weight is 367 g/mol. The third kappa shape index (κ3) is 3.19. The van der Waals surface area contributed by atoms with Crippen molar-refractivity contribution in [2.75, 3.05) is 5.32 Å². The fourth-order valence-electron chi connectivity index (χ4n) is 3.34. The molecular weight excluding hydrogens is 343 g/mol. The van der Waals surface area contributed by atoms with E-state index in [2.05, 4.69) is 10.3 Å². The molecular formula is C19H24F3N3O. The van der Waals surface area contributed by atoms with Crippen molar-refractivity contribution in [3.05, 3.63) is 23.8 Å². The summed E-state index contributed by atoms with van der Waals surface area (Å²) in [6, 6.07) is 2.15. The summed E-state index contributed by atoms with van der Waals surface area (Å²) >= 11 is 0. The molecule has 1 aromatic heterocycles. The van der Waals surface area contributed by atoms with Gasteiger partial charge in [-0.25, -0.2) is 18.2 Å². The van der Waals surface area contributed by atoms with Gasteiger partial charge in [-0.1, -0.05) is 13.8 Å². The van der Waals surface area contributed by atoms with Crippen molar-refractivity contribution in [2.45, 2.75) is 65.1 Å². The van der Waals surface area contributed by atoms with Gasteiger partial charge in [0, 0.05) is 29.5 Å². The molecule has 142 valence electrons. The van der Waals surface area contributed by atoms with Crippen molar-refractivity contribution in [1.82, 2.24) is 9.55 Å². The van der Waals surface area contributed by atoms with E-state index in [0.717, 1.165) is 31.4 Å². The van der Waals surface area contributed by atoms with Gasteiger partial charge >= 0.3 is 0 Å². The first kappa shape index (κ1) is 18.7. The van der Waals surface area contributed by atoms with Crippen LogP contribution in [0.5, 0.6) is 0 Å². The fraction of sp³-hybridized carbons (Fsp3) is 0.579. The lowest BCUT2D eigenvalue weighted by Gasteiger charge is -2.41. The topological polar surface area (TPSA) is 46.9 Å². The number of carbonyl (C=O) groups is 1. The van der Waals surface area contributed by atoms with Crippen LogP contribution >= 0.6 is 0 Å². The van der Waals surface area contributed by atoms with Crippen molar-refractivity contribution in [3.63, 3.8) is 0 Å². The number of aromatic nitrogens is 2. The van der Waals surface area contributed by atoms with E-state index in [1.807, 2.05) is 6.92 Å². The van der Waals surface area contributed by atoms with Crippen LogP contribution in [0, 0.1) is 17.0 Å². The Morgan fingerprint density at radius 2 is 1.96 bits per heavy atom. The first-order valence-corrected chi connectivity index (χ1v) is 8.85.